The average molecular weight is 350 g/mol. The quantitative estimate of drug-likeness (QED) is 0.645. The van der Waals surface area contributed by atoms with Gasteiger partial charge in [0.1, 0.15) is 0 Å². The van der Waals surface area contributed by atoms with E-state index in [-0.39, 0.29) is 19.5 Å². The Morgan fingerprint density at radius 3 is 1.05 bits per heavy atom. The number of hydrogen-bond acceptors (Lipinski definition) is 2. The second-order valence-electron chi connectivity index (χ2n) is 3.12. The number of benzene rings is 2. The Balaban J connectivity index is 0.000000324. The van der Waals surface area contributed by atoms with Crippen LogP contribution in [0.15, 0.2) is 70.5 Å². The normalized spacial score (nSPS) is 12.3. The van der Waals surface area contributed by atoms with Crippen LogP contribution in [-0.4, -0.2) is 17.5 Å². The van der Waals surface area contributed by atoms with Crippen molar-refractivity contribution in [3.05, 3.63) is 60.7 Å². The Morgan fingerprint density at radius 1 is 0.632 bits per heavy atom. The summed E-state index contributed by atoms with van der Waals surface area (Å²) in [5.41, 5.74) is 0. The third-order valence-electron chi connectivity index (χ3n) is 1.89. The van der Waals surface area contributed by atoms with Crippen molar-refractivity contribution in [1.82, 2.24) is 0 Å². The molecule has 0 heterocycles. The number of hydrogen-bond donors (Lipinski definition) is 2. The van der Waals surface area contributed by atoms with Crippen LogP contribution in [0.4, 0.5) is 0 Å². The fourth-order valence-electron chi connectivity index (χ4n) is 1.07. The van der Waals surface area contributed by atoms with Crippen molar-refractivity contribution in [2.24, 2.45) is 0 Å². The molecule has 0 aromatic heterocycles. The van der Waals surface area contributed by atoms with E-state index >= 15 is 0 Å². The van der Waals surface area contributed by atoms with Gasteiger partial charge in [0.25, 0.3) is 0 Å². The van der Waals surface area contributed by atoms with E-state index in [4.69, 9.17) is 9.11 Å². The molecule has 0 aliphatic heterocycles. The van der Waals surface area contributed by atoms with Gasteiger partial charge < -0.3 is 9.11 Å². The molecule has 0 radical (unpaired) electrons. The molecule has 19 heavy (non-hydrogen) atoms. The van der Waals surface area contributed by atoms with Gasteiger partial charge in [-0.25, -0.2) is 8.42 Å². The van der Waals surface area contributed by atoms with Crippen molar-refractivity contribution in [2.45, 2.75) is 9.79 Å². The first-order valence-electron chi connectivity index (χ1n) is 4.93. The fraction of sp³-hybridized carbons (Fsp3) is 0. The molecule has 98 valence electrons. The van der Waals surface area contributed by atoms with Crippen molar-refractivity contribution in [1.29, 1.82) is 0 Å². The zero-order chi connectivity index (χ0) is 13.4. The van der Waals surface area contributed by atoms with Crippen molar-refractivity contribution in [3.63, 3.8) is 0 Å². The minimum absolute atomic E-state index is 0. The summed E-state index contributed by atoms with van der Waals surface area (Å²) in [6.45, 7) is 0. The van der Waals surface area contributed by atoms with Crippen molar-refractivity contribution < 1.29 is 37.0 Å². The largest absolute Gasteiger partial charge is 0.302 e. The topological polar surface area (TPSA) is 74.6 Å². The summed E-state index contributed by atoms with van der Waals surface area (Å²) in [7, 11) is 0. The predicted molar refractivity (Wildman–Crippen MR) is 71.0 cm³/mol. The van der Waals surface area contributed by atoms with Crippen LogP contribution >= 0.6 is 0 Å². The molecular formula is C12H12O4S2Zn. The molecule has 2 N–H and O–H groups in total. The van der Waals surface area contributed by atoms with Gasteiger partial charge >= 0.3 is 0 Å². The second-order valence-corrected chi connectivity index (χ2v) is 5.06. The maximum atomic E-state index is 10.3. The van der Waals surface area contributed by atoms with Crippen LogP contribution in [0.1, 0.15) is 0 Å². The molecule has 0 aliphatic rings. The van der Waals surface area contributed by atoms with Crippen LogP contribution in [0.5, 0.6) is 0 Å². The van der Waals surface area contributed by atoms with E-state index in [1.165, 1.54) is 0 Å². The first-order chi connectivity index (χ1) is 8.61. The summed E-state index contributed by atoms with van der Waals surface area (Å²) in [4.78, 5) is 0.884. The molecule has 2 aromatic rings. The molecule has 7 heteroatoms. The Morgan fingerprint density at radius 2 is 0.895 bits per heavy atom. The van der Waals surface area contributed by atoms with E-state index in [1.807, 2.05) is 0 Å². The van der Waals surface area contributed by atoms with Crippen LogP contribution in [0, 0.1) is 0 Å². The van der Waals surface area contributed by atoms with Gasteiger partial charge in [0.05, 0.1) is 9.79 Å². The van der Waals surface area contributed by atoms with Crippen molar-refractivity contribution >= 4 is 22.2 Å². The van der Waals surface area contributed by atoms with E-state index in [0.717, 1.165) is 0 Å². The molecule has 2 unspecified atom stereocenters. The average Bonchev–Trinajstić information content (AvgIpc) is 2.41. The molecule has 0 fully saturated rings. The molecule has 2 atom stereocenters. The SMILES string of the molecule is O=S(O)c1ccccc1.O=S(O)c1ccccc1.[Zn]. The van der Waals surface area contributed by atoms with Gasteiger partial charge in [-0.05, 0) is 24.3 Å². The van der Waals surface area contributed by atoms with Crippen molar-refractivity contribution in [3.8, 4) is 0 Å². The summed E-state index contributed by atoms with van der Waals surface area (Å²) < 4.78 is 37.6. The van der Waals surface area contributed by atoms with E-state index in [9.17, 15) is 8.42 Å². The standard InChI is InChI=1S/2C6H6O2S.Zn/c2*7-9(8)6-4-2-1-3-5-6;/h2*1-5H,(H,7,8);. The maximum Gasteiger partial charge on any atom is 0.186 e. The molecule has 2 rings (SSSR count). The van der Waals surface area contributed by atoms with E-state index in [1.54, 1.807) is 60.7 Å². The first kappa shape index (κ1) is 18.3. The molecule has 0 saturated heterocycles. The Bertz CT molecular complexity index is 470. The summed E-state index contributed by atoms with van der Waals surface area (Å²) in [6, 6.07) is 16.9. The minimum Gasteiger partial charge on any atom is -0.302 e. The summed E-state index contributed by atoms with van der Waals surface area (Å²) in [5.74, 6) is 0. The minimum atomic E-state index is -1.83. The van der Waals surface area contributed by atoms with Crippen LogP contribution in [0.3, 0.4) is 0 Å². The van der Waals surface area contributed by atoms with Gasteiger partial charge in [-0.2, -0.15) is 0 Å². The Labute approximate surface area is 129 Å². The summed E-state index contributed by atoms with van der Waals surface area (Å²) in [6.07, 6.45) is 0. The summed E-state index contributed by atoms with van der Waals surface area (Å²) >= 11 is -3.66. The maximum absolute atomic E-state index is 10.3. The first-order valence-corrected chi connectivity index (χ1v) is 7.14. The number of rotatable bonds is 2. The monoisotopic (exact) mass is 348 g/mol. The van der Waals surface area contributed by atoms with Crippen LogP contribution < -0.4 is 0 Å². The Hall–Kier alpha value is -0.717. The van der Waals surface area contributed by atoms with Gasteiger partial charge in [-0.3, -0.25) is 0 Å². The second kappa shape index (κ2) is 10.1. The molecule has 0 saturated carbocycles. The third kappa shape index (κ3) is 7.45. The molecular weight excluding hydrogens is 338 g/mol. The van der Waals surface area contributed by atoms with Crippen LogP contribution in [0.25, 0.3) is 0 Å². The van der Waals surface area contributed by atoms with Gasteiger partial charge in [0, 0.05) is 19.5 Å². The molecule has 4 nitrogen and oxygen atoms in total. The van der Waals surface area contributed by atoms with Crippen LogP contribution in [-0.2, 0) is 41.6 Å². The third-order valence-corrected chi connectivity index (χ3v) is 3.24. The smallest absolute Gasteiger partial charge is 0.186 e. The van der Waals surface area contributed by atoms with E-state index < -0.39 is 22.2 Å². The molecule has 2 aromatic carbocycles. The van der Waals surface area contributed by atoms with Gasteiger partial charge in [0.15, 0.2) is 22.2 Å². The van der Waals surface area contributed by atoms with Crippen LogP contribution in [0.2, 0.25) is 0 Å². The zero-order valence-electron chi connectivity index (χ0n) is 10.0. The molecule has 0 spiro atoms. The van der Waals surface area contributed by atoms with E-state index in [2.05, 4.69) is 0 Å². The molecule has 0 aliphatic carbocycles. The van der Waals surface area contributed by atoms with Gasteiger partial charge in [-0.15, -0.1) is 0 Å². The Kier molecular flexibility index (Phi) is 9.74. The van der Waals surface area contributed by atoms with Gasteiger partial charge in [-0.1, -0.05) is 36.4 Å². The van der Waals surface area contributed by atoms with Crippen molar-refractivity contribution in [2.75, 3.05) is 0 Å². The predicted octanol–water partition coefficient (Wildman–Crippen LogP) is 2.53. The molecule has 0 bridgehead atoms. The van der Waals surface area contributed by atoms with E-state index in [0.29, 0.717) is 9.79 Å². The molecule has 0 amide bonds. The van der Waals surface area contributed by atoms with Gasteiger partial charge in [0.2, 0.25) is 0 Å². The summed E-state index contributed by atoms with van der Waals surface area (Å²) in [5, 5.41) is 0. The fourth-order valence-corrected chi connectivity index (χ4v) is 1.85. The zero-order valence-corrected chi connectivity index (χ0v) is 14.6.